The number of nitrogens with zero attached hydrogens (tertiary/aromatic N) is 2. The third kappa shape index (κ3) is 6.49. The fourth-order valence-corrected chi connectivity index (χ4v) is 8.20. The van der Waals surface area contributed by atoms with E-state index in [9.17, 15) is 0 Å². The second-order valence-electron chi connectivity index (χ2n) is 14.6. The third-order valence-corrected chi connectivity index (χ3v) is 11.0. The maximum Gasteiger partial charge on any atom is 0.155 e. The van der Waals surface area contributed by atoms with Crippen LogP contribution in [0.4, 0.5) is 0 Å². The molecule has 1 heterocycles. The zero-order chi connectivity index (χ0) is 38.8. The average molecular weight is 743 g/mol. The Morgan fingerprint density at radius 3 is 1.57 bits per heavy atom. The molecular formula is C55H38N2O. The van der Waals surface area contributed by atoms with Crippen molar-refractivity contribution >= 4 is 45.3 Å². The second kappa shape index (κ2) is 15.1. The SMILES string of the molecule is C=N/C(=N\Cc1ccc(-c2cc(-c3ccccc3)cc(-c3ccccc3)c2-c2ccccc2)cc1)c1ccc(-c2ccccc2)c2oc3cc4ccccc4cc3c12. The van der Waals surface area contributed by atoms with Gasteiger partial charge in [0.05, 0.1) is 6.54 Å². The maximum atomic E-state index is 6.70. The molecule has 0 aliphatic carbocycles. The number of benzene rings is 9. The molecule has 3 heteroatoms. The lowest BCUT2D eigenvalue weighted by atomic mass is 9.84. The molecular weight excluding hydrogens is 705 g/mol. The summed E-state index contributed by atoms with van der Waals surface area (Å²) in [5.74, 6) is 0.582. The number of fused-ring (bicyclic) bond motifs is 4. The van der Waals surface area contributed by atoms with Crippen LogP contribution in [0.25, 0.3) is 88.3 Å². The van der Waals surface area contributed by atoms with Gasteiger partial charge in [0, 0.05) is 21.9 Å². The van der Waals surface area contributed by atoms with Gasteiger partial charge in [0.25, 0.3) is 0 Å². The van der Waals surface area contributed by atoms with Crippen LogP contribution in [-0.4, -0.2) is 12.6 Å². The molecule has 0 atom stereocenters. The molecule has 0 bridgehead atoms. The van der Waals surface area contributed by atoms with Crippen LogP contribution in [0.15, 0.2) is 221 Å². The van der Waals surface area contributed by atoms with Gasteiger partial charge in [-0.05, 0) is 110 Å². The molecule has 0 aliphatic rings. The van der Waals surface area contributed by atoms with Crippen molar-refractivity contribution in [1.82, 2.24) is 0 Å². The van der Waals surface area contributed by atoms with Crippen molar-refractivity contribution in [2.24, 2.45) is 9.98 Å². The first kappa shape index (κ1) is 34.8. The lowest BCUT2D eigenvalue weighted by Crippen LogP contribution is -1.99. The Balaban J connectivity index is 1.07. The van der Waals surface area contributed by atoms with Crippen molar-refractivity contribution in [1.29, 1.82) is 0 Å². The second-order valence-corrected chi connectivity index (χ2v) is 14.6. The Hall–Kier alpha value is -7.62. The summed E-state index contributed by atoms with van der Waals surface area (Å²) in [7, 11) is 0. The normalized spacial score (nSPS) is 11.7. The first-order valence-corrected chi connectivity index (χ1v) is 19.6. The van der Waals surface area contributed by atoms with Gasteiger partial charge in [-0.2, -0.15) is 0 Å². The molecule has 10 rings (SSSR count). The van der Waals surface area contributed by atoms with Crippen molar-refractivity contribution in [2.45, 2.75) is 6.54 Å². The average Bonchev–Trinajstić information content (AvgIpc) is 3.67. The molecule has 0 unspecified atom stereocenters. The van der Waals surface area contributed by atoms with E-state index in [1.54, 1.807) is 0 Å². The molecule has 0 N–H and O–H groups in total. The van der Waals surface area contributed by atoms with Gasteiger partial charge < -0.3 is 4.42 Å². The molecule has 3 nitrogen and oxygen atoms in total. The molecule has 58 heavy (non-hydrogen) atoms. The molecule has 0 amide bonds. The topological polar surface area (TPSA) is 37.9 Å². The summed E-state index contributed by atoms with van der Waals surface area (Å²) in [6.07, 6.45) is 0. The van der Waals surface area contributed by atoms with Gasteiger partial charge in [0.15, 0.2) is 5.84 Å². The van der Waals surface area contributed by atoms with Gasteiger partial charge in [-0.15, -0.1) is 0 Å². The number of furan rings is 1. The van der Waals surface area contributed by atoms with E-state index in [1.165, 1.54) is 38.9 Å². The van der Waals surface area contributed by atoms with Crippen LogP contribution in [-0.2, 0) is 6.54 Å². The summed E-state index contributed by atoms with van der Waals surface area (Å²) in [5, 5.41) is 4.31. The zero-order valence-electron chi connectivity index (χ0n) is 31.8. The molecule has 0 aliphatic heterocycles. The van der Waals surface area contributed by atoms with E-state index in [4.69, 9.17) is 9.41 Å². The van der Waals surface area contributed by atoms with Gasteiger partial charge >= 0.3 is 0 Å². The predicted octanol–water partition coefficient (Wildman–Crippen LogP) is 14.7. The van der Waals surface area contributed by atoms with Gasteiger partial charge in [-0.1, -0.05) is 170 Å². The molecule has 9 aromatic carbocycles. The predicted molar refractivity (Wildman–Crippen MR) is 245 cm³/mol. The highest BCUT2D eigenvalue weighted by Crippen LogP contribution is 2.44. The zero-order valence-corrected chi connectivity index (χ0v) is 31.8. The largest absolute Gasteiger partial charge is 0.455 e. The summed E-state index contributed by atoms with van der Waals surface area (Å²) in [5.41, 5.74) is 15.2. The first-order chi connectivity index (χ1) is 28.7. The Bertz CT molecular complexity index is 3110. The van der Waals surface area contributed by atoms with Crippen LogP contribution >= 0.6 is 0 Å². The molecule has 1 aromatic heterocycles. The Morgan fingerprint density at radius 1 is 0.448 bits per heavy atom. The van der Waals surface area contributed by atoms with Crippen LogP contribution in [0, 0.1) is 0 Å². The Labute approximate surface area is 337 Å². The lowest BCUT2D eigenvalue weighted by Gasteiger charge is -2.19. The van der Waals surface area contributed by atoms with E-state index in [-0.39, 0.29) is 0 Å². The van der Waals surface area contributed by atoms with Gasteiger partial charge in [-0.25, -0.2) is 4.99 Å². The molecule has 0 fully saturated rings. The van der Waals surface area contributed by atoms with Gasteiger partial charge in [0.1, 0.15) is 11.2 Å². The third-order valence-electron chi connectivity index (χ3n) is 11.0. The van der Waals surface area contributed by atoms with Crippen LogP contribution in [0.3, 0.4) is 0 Å². The minimum absolute atomic E-state index is 0.445. The Morgan fingerprint density at radius 2 is 0.966 bits per heavy atom. The lowest BCUT2D eigenvalue weighted by molar-refractivity contribution is 0.670. The molecule has 274 valence electrons. The van der Waals surface area contributed by atoms with Crippen LogP contribution < -0.4 is 0 Å². The maximum absolute atomic E-state index is 6.70. The summed E-state index contributed by atoms with van der Waals surface area (Å²) >= 11 is 0. The van der Waals surface area contributed by atoms with Gasteiger partial charge in [-0.3, -0.25) is 4.99 Å². The van der Waals surface area contributed by atoms with Gasteiger partial charge in [0.2, 0.25) is 0 Å². The van der Waals surface area contributed by atoms with Crippen molar-refractivity contribution < 1.29 is 4.42 Å². The summed E-state index contributed by atoms with van der Waals surface area (Å²) in [4.78, 5) is 9.63. The number of amidine groups is 1. The molecule has 0 radical (unpaired) electrons. The number of hydrogen-bond acceptors (Lipinski definition) is 2. The summed E-state index contributed by atoms with van der Waals surface area (Å²) in [6.45, 7) is 4.44. The first-order valence-electron chi connectivity index (χ1n) is 19.6. The van der Waals surface area contributed by atoms with Crippen LogP contribution in [0.1, 0.15) is 11.1 Å². The molecule has 10 aromatic rings. The van der Waals surface area contributed by atoms with E-state index in [2.05, 4.69) is 212 Å². The minimum Gasteiger partial charge on any atom is -0.455 e. The van der Waals surface area contributed by atoms with E-state index in [0.717, 1.165) is 60.5 Å². The standard InChI is InChI=1S/C55H38N2O/c1-56-55(47-31-30-46(39-18-8-3-9-19-39)54-53(47)50-32-43-24-14-15-25-44(43)35-51(50)58-54)57-36-37-26-28-41(29-27-37)49-34-45(38-16-6-2-7-17-38)33-48(40-20-10-4-11-21-40)52(49)42-22-12-5-13-23-42/h2-35H,1,36H2/b57-55-. The molecule has 0 saturated carbocycles. The highest BCUT2D eigenvalue weighted by Gasteiger charge is 2.20. The fourth-order valence-electron chi connectivity index (χ4n) is 8.20. The highest BCUT2D eigenvalue weighted by atomic mass is 16.3. The summed E-state index contributed by atoms with van der Waals surface area (Å²) in [6, 6.07) is 72.8. The Kier molecular flexibility index (Phi) is 9.09. The summed E-state index contributed by atoms with van der Waals surface area (Å²) < 4.78 is 6.70. The van der Waals surface area contributed by atoms with Crippen LogP contribution in [0.2, 0.25) is 0 Å². The van der Waals surface area contributed by atoms with Crippen molar-refractivity contribution in [3.63, 3.8) is 0 Å². The van der Waals surface area contributed by atoms with E-state index in [1.807, 2.05) is 6.07 Å². The quantitative estimate of drug-likeness (QED) is 0.113. The number of rotatable bonds is 8. The fraction of sp³-hybridized carbons (Fsp3) is 0.0182. The monoisotopic (exact) mass is 742 g/mol. The number of aliphatic imine (C=N–C) groups is 2. The smallest absolute Gasteiger partial charge is 0.155 e. The van der Waals surface area contributed by atoms with E-state index in [0.29, 0.717) is 12.4 Å². The number of hydrogen-bond donors (Lipinski definition) is 0. The minimum atomic E-state index is 0.445. The van der Waals surface area contributed by atoms with E-state index >= 15 is 0 Å². The van der Waals surface area contributed by atoms with Crippen molar-refractivity contribution in [3.05, 3.63) is 217 Å². The highest BCUT2D eigenvalue weighted by molar-refractivity contribution is 6.22. The van der Waals surface area contributed by atoms with Crippen molar-refractivity contribution in [2.75, 3.05) is 0 Å². The molecule has 0 spiro atoms. The van der Waals surface area contributed by atoms with Crippen molar-refractivity contribution in [3.8, 4) is 55.6 Å². The molecule has 0 saturated heterocycles. The van der Waals surface area contributed by atoms with Crippen LogP contribution in [0.5, 0.6) is 0 Å². The van der Waals surface area contributed by atoms with E-state index < -0.39 is 0 Å².